The number of nitrogens with two attached hydrogens (primary N) is 1. The summed E-state index contributed by atoms with van der Waals surface area (Å²) in [6.45, 7) is 1.94. The van der Waals surface area contributed by atoms with Crippen molar-refractivity contribution in [1.29, 1.82) is 0 Å². The minimum absolute atomic E-state index is 0.338. The Balaban J connectivity index is 2.51. The molecule has 2 N–H and O–H groups in total. The van der Waals surface area contributed by atoms with Crippen LogP contribution in [0.2, 0.25) is 15.1 Å². The quantitative estimate of drug-likeness (QED) is 0.829. The Morgan fingerprint density at radius 3 is 2.11 bits per heavy atom. The molecule has 0 saturated carbocycles. The van der Waals surface area contributed by atoms with Gasteiger partial charge in [-0.15, -0.1) is 0 Å². The third-order valence-electron chi connectivity index (χ3n) is 2.96. The molecule has 2 aromatic carbocycles. The molecule has 94 valence electrons. The summed E-state index contributed by atoms with van der Waals surface area (Å²) in [7, 11) is 0. The van der Waals surface area contributed by atoms with Gasteiger partial charge in [-0.1, -0.05) is 59.1 Å². The van der Waals surface area contributed by atoms with Crippen LogP contribution in [0, 0.1) is 6.92 Å². The van der Waals surface area contributed by atoms with Crippen LogP contribution in [0.4, 0.5) is 0 Å². The molecule has 0 aliphatic carbocycles. The van der Waals surface area contributed by atoms with Gasteiger partial charge in [0.25, 0.3) is 0 Å². The van der Waals surface area contributed by atoms with Crippen molar-refractivity contribution in [2.45, 2.75) is 13.0 Å². The fraction of sp³-hybridized carbons (Fsp3) is 0.143. The molecule has 0 fully saturated rings. The van der Waals surface area contributed by atoms with E-state index >= 15 is 0 Å². The molecule has 0 bridgehead atoms. The zero-order valence-corrected chi connectivity index (χ0v) is 12.0. The maximum absolute atomic E-state index is 6.25. The number of rotatable bonds is 2. The Hall–Kier alpha value is -0.730. The highest BCUT2D eigenvalue weighted by Gasteiger charge is 2.16. The highest BCUT2D eigenvalue weighted by molar-refractivity contribution is 6.42. The Labute approximate surface area is 121 Å². The first-order valence-corrected chi connectivity index (χ1v) is 6.60. The van der Waals surface area contributed by atoms with Crippen LogP contribution in [-0.4, -0.2) is 0 Å². The fourth-order valence-electron chi connectivity index (χ4n) is 1.89. The Morgan fingerprint density at radius 2 is 1.44 bits per heavy atom. The molecule has 0 spiro atoms. The van der Waals surface area contributed by atoms with Gasteiger partial charge in [0.1, 0.15) is 0 Å². The molecule has 1 unspecified atom stereocenters. The molecule has 0 aromatic heterocycles. The van der Waals surface area contributed by atoms with Gasteiger partial charge in [-0.25, -0.2) is 0 Å². The van der Waals surface area contributed by atoms with E-state index in [1.165, 1.54) is 0 Å². The first-order valence-electron chi connectivity index (χ1n) is 5.47. The second-order valence-corrected chi connectivity index (χ2v) is 5.27. The van der Waals surface area contributed by atoms with E-state index in [1.54, 1.807) is 6.07 Å². The molecule has 0 aliphatic heterocycles. The van der Waals surface area contributed by atoms with Gasteiger partial charge in [-0.2, -0.15) is 0 Å². The Bertz CT molecular complexity index is 530. The van der Waals surface area contributed by atoms with Crippen LogP contribution in [0.3, 0.4) is 0 Å². The van der Waals surface area contributed by atoms with Gasteiger partial charge in [0.15, 0.2) is 0 Å². The van der Waals surface area contributed by atoms with E-state index in [1.807, 2.05) is 37.3 Å². The van der Waals surface area contributed by atoms with Crippen LogP contribution in [0.1, 0.15) is 22.7 Å². The molecule has 0 radical (unpaired) electrons. The molecule has 0 saturated heterocycles. The monoisotopic (exact) mass is 299 g/mol. The van der Waals surface area contributed by atoms with Gasteiger partial charge in [0, 0.05) is 5.02 Å². The van der Waals surface area contributed by atoms with E-state index in [-0.39, 0.29) is 6.04 Å². The fourth-order valence-corrected chi connectivity index (χ4v) is 2.50. The van der Waals surface area contributed by atoms with Gasteiger partial charge < -0.3 is 5.73 Å². The summed E-state index contributed by atoms with van der Waals surface area (Å²) in [6.07, 6.45) is 0. The van der Waals surface area contributed by atoms with E-state index in [0.29, 0.717) is 15.1 Å². The molecule has 0 amide bonds. The standard InChI is InChI=1S/C14H12Cl3N/c1-8-9(4-2-6-11(8)15)14(18)10-5-3-7-12(16)13(10)17/h2-7,14H,18H2,1H3. The van der Waals surface area contributed by atoms with E-state index in [9.17, 15) is 0 Å². The van der Waals surface area contributed by atoms with Crippen molar-refractivity contribution in [1.82, 2.24) is 0 Å². The third kappa shape index (κ3) is 2.50. The Morgan fingerprint density at radius 1 is 0.889 bits per heavy atom. The highest BCUT2D eigenvalue weighted by Crippen LogP contribution is 2.34. The predicted octanol–water partition coefficient (Wildman–Crippen LogP) is 5.00. The van der Waals surface area contributed by atoms with Crippen LogP contribution in [-0.2, 0) is 0 Å². The molecule has 2 aromatic rings. The molecule has 0 aliphatic rings. The summed E-state index contributed by atoms with van der Waals surface area (Å²) in [5.41, 5.74) is 8.97. The SMILES string of the molecule is Cc1c(Cl)cccc1C(N)c1cccc(Cl)c1Cl. The van der Waals surface area contributed by atoms with Crippen molar-refractivity contribution >= 4 is 34.8 Å². The molecule has 1 atom stereocenters. The van der Waals surface area contributed by atoms with Crippen molar-refractivity contribution in [3.63, 3.8) is 0 Å². The number of hydrogen-bond acceptors (Lipinski definition) is 1. The molecule has 2 rings (SSSR count). The minimum Gasteiger partial charge on any atom is -0.320 e. The lowest BCUT2D eigenvalue weighted by atomic mass is 9.96. The van der Waals surface area contributed by atoms with Crippen molar-refractivity contribution in [2.24, 2.45) is 5.73 Å². The average Bonchev–Trinajstić information content (AvgIpc) is 2.35. The first-order chi connectivity index (χ1) is 8.52. The Kier molecular flexibility index (Phi) is 4.18. The van der Waals surface area contributed by atoms with Crippen LogP contribution in [0.15, 0.2) is 36.4 Å². The van der Waals surface area contributed by atoms with Crippen molar-refractivity contribution < 1.29 is 0 Å². The highest BCUT2D eigenvalue weighted by atomic mass is 35.5. The van der Waals surface area contributed by atoms with Gasteiger partial charge in [0.2, 0.25) is 0 Å². The number of halogens is 3. The van der Waals surface area contributed by atoms with Gasteiger partial charge in [0.05, 0.1) is 16.1 Å². The molecule has 1 nitrogen and oxygen atoms in total. The number of hydrogen-bond donors (Lipinski definition) is 1. The van der Waals surface area contributed by atoms with Gasteiger partial charge in [-0.05, 0) is 35.7 Å². The van der Waals surface area contributed by atoms with Crippen molar-refractivity contribution in [3.8, 4) is 0 Å². The normalized spacial score (nSPS) is 12.5. The van der Waals surface area contributed by atoms with Crippen LogP contribution in [0.5, 0.6) is 0 Å². The second-order valence-electron chi connectivity index (χ2n) is 4.07. The zero-order chi connectivity index (χ0) is 13.3. The van der Waals surface area contributed by atoms with Crippen LogP contribution < -0.4 is 5.73 Å². The van der Waals surface area contributed by atoms with Gasteiger partial charge in [-0.3, -0.25) is 0 Å². The van der Waals surface area contributed by atoms with E-state index < -0.39 is 0 Å². The number of benzene rings is 2. The summed E-state index contributed by atoms with van der Waals surface area (Å²) in [6, 6.07) is 10.8. The first kappa shape index (κ1) is 13.7. The van der Waals surface area contributed by atoms with Crippen LogP contribution in [0.25, 0.3) is 0 Å². The summed E-state index contributed by atoms with van der Waals surface area (Å²) >= 11 is 18.3. The lowest BCUT2D eigenvalue weighted by Gasteiger charge is -2.17. The molecule has 4 heteroatoms. The molecular weight excluding hydrogens is 289 g/mol. The summed E-state index contributed by atoms with van der Waals surface area (Å²) in [4.78, 5) is 0. The molecule has 0 heterocycles. The second kappa shape index (κ2) is 5.50. The van der Waals surface area contributed by atoms with Crippen molar-refractivity contribution in [3.05, 3.63) is 68.2 Å². The smallest absolute Gasteiger partial charge is 0.0643 e. The van der Waals surface area contributed by atoms with Crippen LogP contribution >= 0.6 is 34.8 Å². The molecule has 18 heavy (non-hydrogen) atoms. The topological polar surface area (TPSA) is 26.0 Å². The summed E-state index contributed by atoms with van der Waals surface area (Å²) < 4.78 is 0. The lowest BCUT2D eigenvalue weighted by Crippen LogP contribution is -2.14. The van der Waals surface area contributed by atoms with Crippen molar-refractivity contribution in [2.75, 3.05) is 0 Å². The molecular formula is C14H12Cl3N. The third-order valence-corrected chi connectivity index (χ3v) is 4.20. The maximum atomic E-state index is 6.25. The lowest BCUT2D eigenvalue weighted by molar-refractivity contribution is 0.862. The predicted molar refractivity (Wildman–Crippen MR) is 78.7 cm³/mol. The largest absolute Gasteiger partial charge is 0.320 e. The van der Waals surface area contributed by atoms with E-state index in [2.05, 4.69) is 0 Å². The average molecular weight is 301 g/mol. The zero-order valence-electron chi connectivity index (χ0n) is 9.75. The minimum atomic E-state index is -0.338. The summed E-state index contributed by atoms with van der Waals surface area (Å²) in [5, 5.41) is 1.69. The van der Waals surface area contributed by atoms with Gasteiger partial charge >= 0.3 is 0 Å². The maximum Gasteiger partial charge on any atom is 0.0643 e. The summed E-state index contributed by atoms with van der Waals surface area (Å²) in [5.74, 6) is 0. The van der Waals surface area contributed by atoms with E-state index in [4.69, 9.17) is 40.5 Å². The van der Waals surface area contributed by atoms with E-state index in [0.717, 1.165) is 16.7 Å².